The van der Waals surface area contributed by atoms with Crippen LogP contribution in [0, 0.1) is 6.92 Å². The summed E-state index contributed by atoms with van der Waals surface area (Å²) in [6, 6.07) is 7.50. The highest BCUT2D eigenvalue weighted by atomic mass is 79.9. The second kappa shape index (κ2) is 6.84. The lowest BCUT2D eigenvalue weighted by atomic mass is 9.83. The minimum atomic E-state index is -0.605. The zero-order valence-electron chi connectivity index (χ0n) is 16.7. The van der Waals surface area contributed by atoms with Gasteiger partial charge in [-0.3, -0.25) is 4.79 Å². The number of aryl methyl sites for hydroxylation is 2. The number of urea groups is 1. The van der Waals surface area contributed by atoms with Crippen LogP contribution in [0.15, 0.2) is 41.1 Å². The third kappa shape index (κ3) is 3.15. The standard InChI is InChI=1S/C22H21BrN4O3/c1-13-3-4-19-16(5-13)18(28)7-22(30-19)11-27(12-22)21(29)25-9-14-6-15-17(23)10-26(2)20(15)24-8-14/h3-6,8,10H,7,9,11-12H2,1-2H3,(H,25,29). The number of carbonyl (C=O) groups is 2. The molecular formula is C22H21BrN4O3. The van der Waals surface area contributed by atoms with Crippen LogP contribution in [0.5, 0.6) is 5.75 Å². The van der Waals surface area contributed by atoms with E-state index in [-0.39, 0.29) is 11.8 Å². The highest BCUT2D eigenvalue weighted by Crippen LogP contribution is 2.39. The fourth-order valence-electron chi connectivity index (χ4n) is 4.22. The van der Waals surface area contributed by atoms with Crippen LogP contribution in [0.4, 0.5) is 4.79 Å². The molecule has 4 heterocycles. The predicted octanol–water partition coefficient (Wildman–Crippen LogP) is 3.57. The van der Waals surface area contributed by atoms with Crippen LogP contribution >= 0.6 is 15.9 Å². The molecule has 0 unspecified atom stereocenters. The van der Waals surface area contributed by atoms with E-state index in [0.717, 1.165) is 26.6 Å². The average molecular weight is 469 g/mol. The van der Waals surface area contributed by atoms with Gasteiger partial charge in [0.25, 0.3) is 0 Å². The molecule has 0 bridgehead atoms. The molecule has 1 spiro atoms. The molecular weight excluding hydrogens is 448 g/mol. The number of likely N-dealkylation sites (tertiary alicyclic amines) is 1. The number of halogens is 1. The number of ether oxygens (including phenoxy) is 1. The summed E-state index contributed by atoms with van der Waals surface area (Å²) in [4.78, 5) is 31.3. The molecule has 1 aromatic carbocycles. The van der Waals surface area contributed by atoms with Gasteiger partial charge in [0.05, 0.1) is 25.1 Å². The summed E-state index contributed by atoms with van der Waals surface area (Å²) < 4.78 is 9.05. The molecule has 0 radical (unpaired) electrons. The Bertz CT molecular complexity index is 1200. The second-order valence-corrected chi connectivity index (χ2v) is 9.06. The number of fused-ring (bicyclic) bond motifs is 2. The van der Waals surface area contributed by atoms with Crippen LogP contribution in [0.3, 0.4) is 0 Å². The highest BCUT2D eigenvalue weighted by molar-refractivity contribution is 9.10. The van der Waals surface area contributed by atoms with Crippen LogP contribution in [-0.4, -0.2) is 45.0 Å². The Morgan fingerprint density at radius 2 is 2.13 bits per heavy atom. The number of amides is 2. The SMILES string of the molecule is Cc1ccc2c(c1)C(=O)CC1(CN(C(=O)NCc3cnc4c(c3)c(Br)cn4C)C1)O2. The van der Waals surface area contributed by atoms with Crippen LogP contribution in [0.25, 0.3) is 11.0 Å². The third-order valence-corrected chi connectivity index (χ3v) is 6.39. The van der Waals surface area contributed by atoms with Gasteiger partial charge in [-0.1, -0.05) is 11.6 Å². The van der Waals surface area contributed by atoms with Crippen molar-refractivity contribution in [2.24, 2.45) is 7.05 Å². The molecule has 7 nitrogen and oxygen atoms in total. The van der Waals surface area contributed by atoms with Gasteiger partial charge in [0.15, 0.2) is 11.4 Å². The maximum Gasteiger partial charge on any atom is 0.317 e. The summed E-state index contributed by atoms with van der Waals surface area (Å²) in [7, 11) is 1.94. The number of hydrogen-bond acceptors (Lipinski definition) is 4. The first-order chi connectivity index (χ1) is 14.3. The molecule has 30 heavy (non-hydrogen) atoms. The van der Waals surface area contributed by atoms with Gasteiger partial charge in [0.1, 0.15) is 11.4 Å². The first-order valence-electron chi connectivity index (χ1n) is 9.79. The summed E-state index contributed by atoms with van der Waals surface area (Å²) in [5, 5.41) is 3.95. The van der Waals surface area contributed by atoms with E-state index in [2.05, 4.69) is 26.2 Å². The number of ketones is 1. The van der Waals surface area contributed by atoms with E-state index in [1.807, 2.05) is 49.0 Å². The van der Waals surface area contributed by atoms with Crippen molar-refractivity contribution in [2.75, 3.05) is 13.1 Å². The van der Waals surface area contributed by atoms with E-state index in [1.54, 1.807) is 11.1 Å². The zero-order valence-corrected chi connectivity index (χ0v) is 18.3. The fourth-order valence-corrected chi connectivity index (χ4v) is 4.82. The largest absolute Gasteiger partial charge is 0.482 e. The molecule has 1 N–H and O–H groups in total. The molecule has 1 fully saturated rings. The zero-order chi connectivity index (χ0) is 21.0. The number of nitrogens with zero attached hydrogens (tertiary/aromatic N) is 3. The predicted molar refractivity (Wildman–Crippen MR) is 116 cm³/mol. The smallest absolute Gasteiger partial charge is 0.317 e. The summed E-state index contributed by atoms with van der Waals surface area (Å²) >= 11 is 3.54. The number of Topliss-reactive ketones (excluding diaryl/α,β-unsaturated/α-hetero) is 1. The lowest BCUT2D eigenvalue weighted by Crippen LogP contribution is -2.69. The first kappa shape index (κ1) is 19.1. The van der Waals surface area contributed by atoms with Gasteiger partial charge in [0, 0.05) is 35.8 Å². The number of aromatic nitrogens is 2. The van der Waals surface area contributed by atoms with Crippen LogP contribution in [0.1, 0.15) is 27.9 Å². The van der Waals surface area contributed by atoms with Crippen molar-refractivity contribution in [1.82, 2.24) is 19.8 Å². The number of carbonyl (C=O) groups excluding carboxylic acids is 2. The Morgan fingerprint density at radius 3 is 2.93 bits per heavy atom. The summed E-state index contributed by atoms with van der Waals surface area (Å²) in [6.45, 7) is 3.14. The van der Waals surface area contributed by atoms with Crippen molar-refractivity contribution in [3.8, 4) is 5.75 Å². The molecule has 2 aliphatic rings. The van der Waals surface area contributed by atoms with E-state index in [9.17, 15) is 9.59 Å². The average Bonchev–Trinajstić information content (AvgIpc) is 2.98. The Labute approximate surface area is 182 Å². The van der Waals surface area contributed by atoms with Crippen LogP contribution in [-0.2, 0) is 13.6 Å². The van der Waals surface area contributed by atoms with Gasteiger partial charge in [-0.05, 0) is 46.6 Å². The van der Waals surface area contributed by atoms with Gasteiger partial charge in [-0.2, -0.15) is 0 Å². The van der Waals surface area contributed by atoms with Crippen molar-refractivity contribution in [1.29, 1.82) is 0 Å². The lowest BCUT2D eigenvalue weighted by molar-refractivity contribution is -0.0597. The summed E-state index contributed by atoms with van der Waals surface area (Å²) in [5.74, 6) is 0.692. The minimum Gasteiger partial charge on any atom is -0.482 e. The van der Waals surface area contributed by atoms with Crippen LogP contribution < -0.4 is 10.1 Å². The number of nitrogens with one attached hydrogen (secondary N) is 1. The number of hydrogen-bond donors (Lipinski definition) is 1. The normalized spacial score (nSPS) is 16.9. The molecule has 8 heteroatoms. The molecule has 0 saturated carbocycles. The van der Waals surface area contributed by atoms with Crippen molar-refractivity contribution >= 4 is 38.8 Å². The number of pyridine rings is 1. The topological polar surface area (TPSA) is 76.5 Å². The summed E-state index contributed by atoms with van der Waals surface area (Å²) in [5.41, 5.74) is 2.87. The molecule has 1 saturated heterocycles. The minimum absolute atomic E-state index is 0.0767. The van der Waals surface area contributed by atoms with Crippen molar-refractivity contribution < 1.29 is 14.3 Å². The second-order valence-electron chi connectivity index (χ2n) is 8.20. The van der Waals surface area contributed by atoms with E-state index >= 15 is 0 Å². The van der Waals surface area contributed by atoms with Crippen LogP contribution in [0.2, 0.25) is 0 Å². The molecule has 0 atom stereocenters. The molecule has 2 aliphatic heterocycles. The van der Waals surface area contributed by atoms with Crippen molar-refractivity contribution in [3.05, 3.63) is 57.8 Å². The van der Waals surface area contributed by atoms with E-state index in [1.165, 1.54) is 0 Å². The Kier molecular flexibility index (Phi) is 4.36. The van der Waals surface area contributed by atoms with Gasteiger partial charge in [-0.15, -0.1) is 0 Å². The van der Waals surface area contributed by atoms with Crippen molar-refractivity contribution in [3.63, 3.8) is 0 Å². The summed E-state index contributed by atoms with van der Waals surface area (Å²) in [6.07, 6.45) is 4.04. The van der Waals surface area contributed by atoms with Gasteiger partial charge >= 0.3 is 6.03 Å². The number of benzene rings is 1. The Hall–Kier alpha value is -2.87. The monoisotopic (exact) mass is 468 g/mol. The molecule has 2 amide bonds. The van der Waals surface area contributed by atoms with Gasteiger partial charge in [-0.25, -0.2) is 9.78 Å². The van der Waals surface area contributed by atoms with Gasteiger partial charge in [0.2, 0.25) is 0 Å². The van der Waals surface area contributed by atoms with Crippen molar-refractivity contribution in [2.45, 2.75) is 25.5 Å². The molecule has 0 aliphatic carbocycles. The lowest BCUT2D eigenvalue weighted by Gasteiger charge is -2.50. The molecule has 3 aromatic rings. The maximum absolute atomic E-state index is 12.6. The third-order valence-electron chi connectivity index (χ3n) is 5.76. The highest BCUT2D eigenvalue weighted by Gasteiger charge is 2.51. The van der Waals surface area contributed by atoms with E-state index in [4.69, 9.17) is 4.74 Å². The maximum atomic E-state index is 12.6. The fraction of sp³-hybridized carbons (Fsp3) is 0.318. The Morgan fingerprint density at radius 1 is 1.33 bits per heavy atom. The molecule has 154 valence electrons. The van der Waals surface area contributed by atoms with Gasteiger partial charge < -0.3 is 19.5 Å². The van der Waals surface area contributed by atoms with E-state index in [0.29, 0.717) is 37.4 Å². The first-order valence-corrected chi connectivity index (χ1v) is 10.6. The Balaban J connectivity index is 1.22. The quantitative estimate of drug-likeness (QED) is 0.623. The molecule has 5 rings (SSSR count). The molecule has 2 aromatic heterocycles. The van der Waals surface area contributed by atoms with E-state index < -0.39 is 5.60 Å². The number of rotatable bonds is 2.